The molecule has 1 aromatic carbocycles. The predicted octanol–water partition coefficient (Wildman–Crippen LogP) is 1.87. The van der Waals surface area contributed by atoms with Gasteiger partial charge in [0.2, 0.25) is 0 Å². The number of rotatable bonds is 8. The molecule has 1 rings (SSSR count). The minimum atomic E-state index is -1.32. The average Bonchev–Trinajstić information content (AvgIpc) is 2.37. The second kappa shape index (κ2) is 7.32. The fraction of sp³-hybridized carbons (Fsp3) is 0.417. The Balaban J connectivity index is 2.80. The van der Waals surface area contributed by atoms with Crippen molar-refractivity contribution in [2.75, 3.05) is 18.5 Å². The summed E-state index contributed by atoms with van der Waals surface area (Å²) >= 11 is 0. The number of nitrogens with zero attached hydrogens (tertiary/aromatic N) is 1. The standard InChI is InChI=1S/C12H16N2O5/c15-8-3-1-2-7-13-10-6-4-5-9(12(16)17)11(10)14(18)19/h4-6,13,15H,1-3,7-8H2,(H,16,17). The van der Waals surface area contributed by atoms with Crippen molar-refractivity contribution in [3.63, 3.8) is 0 Å². The lowest BCUT2D eigenvalue weighted by molar-refractivity contribution is -0.384. The molecule has 0 aromatic heterocycles. The van der Waals surface area contributed by atoms with Gasteiger partial charge in [-0.3, -0.25) is 10.1 Å². The topological polar surface area (TPSA) is 113 Å². The number of para-hydroxylation sites is 1. The van der Waals surface area contributed by atoms with Crippen LogP contribution in [-0.4, -0.2) is 34.3 Å². The van der Waals surface area contributed by atoms with Crippen LogP contribution in [0.4, 0.5) is 11.4 Å². The lowest BCUT2D eigenvalue weighted by Crippen LogP contribution is -2.08. The molecule has 0 fully saturated rings. The molecule has 0 spiro atoms. The normalized spacial score (nSPS) is 10.2. The highest BCUT2D eigenvalue weighted by Crippen LogP contribution is 2.28. The Hall–Kier alpha value is -2.15. The molecule has 0 atom stereocenters. The number of nitro groups is 1. The predicted molar refractivity (Wildman–Crippen MR) is 69.5 cm³/mol. The molecule has 0 unspecified atom stereocenters. The monoisotopic (exact) mass is 268 g/mol. The van der Waals surface area contributed by atoms with E-state index in [1.807, 2.05) is 0 Å². The van der Waals surface area contributed by atoms with Gasteiger partial charge in [-0.25, -0.2) is 4.79 Å². The Morgan fingerprint density at radius 2 is 2.05 bits per heavy atom. The Morgan fingerprint density at radius 1 is 1.32 bits per heavy atom. The average molecular weight is 268 g/mol. The van der Waals surface area contributed by atoms with E-state index < -0.39 is 16.6 Å². The van der Waals surface area contributed by atoms with Gasteiger partial charge in [0.15, 0.2) is 0 Å². The third-order valence-corrected chi connectivity index (χ3v) is 2.60. The van der Waals surface area contributed by atoms with Crippen LogP contribution in [0.1, 0.15) is 29.6 Å². The van der Waals surface area contributed by atoms with Crippen LogP contribution in [0.5, 0.6) is 0 Å². The molecule has 0 bridgehead atoms. The van der Waals surface area contributed by atoms with Crippen molar-refractivity contribution in [1.29, 1.82) is 0 Å². The van der Waals surface area contributed by atoms with Crippen molar-refractivity contribution in [2.45, 2.75) is 19.3 Å². The highest BCUT2D eigenvalue weighted by molar-refractivity contribution is 5.95. The smallest absolute Gasteiger partial charge is 0.342 e. The fourth-order valence-corrected chi connectivity index (χ4v) is 1.69. The number of unbranched alkanes of at least 4 members (excludes halogenated alkanes) is 2. The van der Waals surface area contributed by atoms with Gasteiger partial charge in [-0.05, 0) is 31.4 Å². The van der Waals surface area contributed by atoms with E-state index in [1.54, 1.807) is 0 Å². The van der Waals surface area contributed by atoms with Crippen molar-refractivity contribution in [3.8, 4) is 0 Å². The zero-order valence-electron chi connectivity index (χ0n) is 10.3. The summed E-state index contributed by atoms with van der Waals surface area (Å²) in [4.78, 5) is 21.2. The van der Waals surface area contributed by atoms with Gasteiger partial charge in [-0.2, -0.15) is 0 Å². The summed E-state index contributed by atoms with van der Waals surface area (Å²) in [6.45, 7) is 0.610. The number of carbonyl (C=O) groups is 1. The van der Waals surface area contributed by atoms with Crippen molar-refractivity contribution >= 4 is 17.3 Å². The van der Waals surface area contributed by atoms with Gasteiger partial charge in [0.05, 0.1) is 4.92 Å². The summed E-state index contributed by atoms with van der Waals surface area (Å²) in [5, 5.41) is 31.4. The van der Waals surface area contributed by atoms with Crippen molar-refractivity contribution in [3.05, 3.63) is 33.9 Å². The summed E-state index contributed by atoms with van der Waals surface area (Å²) in [5.74, 6) is -1.32. The summed E-state index contributed by atoms with van der Waals surface area (Å²) in [6.07, 6.45) is 2.23. The molecule has 3 N–H and O–H groups in total. The highest BCUT2D eigenvalue weighted by Gasteiger charge is 2.23. The summed E-state index contributed by atoms with van der Waals surface area (Å²) < 4.78 is 0. The molecule has 0 radical (unpaired) electrons. The molecule has 0 heterocycles. The molecule has 7 heteroatoms. The van der Waals surface area contributed by atoms with E-state index in [9.17, 15) is 14.9 Å². The lowest BCUT2D eigenvalue weighted by Gasteiger charge is -2.08. The largest absolute Gasteiger partial charge is 0.477 e. The highest BCUT2D eigenvalue weighted by atomic mass is 16.6. The molecule has 0 saturated carbocycles. The van der Waals surface area contributed by atoms with Crippen LogP contribution in [0.15, 0.2) is 18.2 Å². The first kappa shape index (κ1) is 14.9. The Bertz CT molecular complexity index is 461. The number of anilines is 1. The van der Waals surface area contributed by atoms with E-state index in [0.29, 0.717) is 13.0 Å². The Kier molecular flexibility index (Phi) is 5.74. The minimum Gasteiger partial charge on any atom is -0.477 e. The third-order valence-electron chi connectivity index (χ3n) is 2.60. The van der Waals surface area contributed by atoms with Gasteiger partial charge < -0.3 is 15.5 Å². The van der Waals surface area contributed by atoms with Gasteiger partial charge in [0.25, 0.3) is 0 Å². The number of aliphatic hydroxyl groups is 1. The van der Waals surface area contributed by atoms with Gasteiger partial charge in [0, 0.05) is 13.2 Å². The first-order chi connectivity index (χ1) is 9.07. The van der Waals surface area contributed by atoms with Crippen LogP contribution in [0, 0.1) is 10.1 Å². The molecule has 104 valence electrons. The number of hydrogen-bond donors (Lipinski definition) is 3. The molecular formula is C12H16N2O5. The molecule has 1 aromatic rings. The van der Waals surface area contributed by atoms with Crippen LogP contribution in [0.25, 0.3) is 0 Å². The molecule has 0 saturated heterocycles. The molecule has 0 aliphatic carbocycles. The molecule has 0 aliphatic rings. The third kappa shape index (κ3) is 4.22. The quantitative estimate of drug-likeness (QED) is 0.377. The maximum Gasteiger partial charge on any atom is 0.342 e. The summed E-state index contributed by atoms with van der Waals surface area (Å²) in [6, 6.07) is 4.15. The number of benzene rings is 1. The first-order valence-electron chi connectivity index (χ1n) is 5.93. The van der Waals surface area contributed by atoms with E-state index in [0.717, 1.165) is 12.8 Å². The van der Waals surface area contributed by atoms with Crippen molar-refractivity contribution in [2.24, 2.45) is 0 Å². The lowest BCUT2D eigenvalue weighted by atomic mass is 10.1. The van der Waals surface area contributed by atoms with Gasteiger partial charge in [-0.1, -0.05) is 6.07 Å². The zero-order valence-corrected chi connectivity index (χ0v) is 10.3. The number of carboxylic acids is 1. The SMILES string of the molecule is O=C(O)c1cccc(NCCCCCO)c1[N+](=O)[O-]. The van der Waals surface area contributed by atoms with Crippen molar-refractivity contribution < 1.29 is 19.9 Å². The maximum absolute atomic E-state index is 11.0. The van der Waals surface area contributed by atoms with Gasteiger partial charge >= 0.3 is 11.7 Å². The van der Waals surface area contributed by atoms with E-state index >= 15 is 0 Å². The van der Waals surface area contributed by atoms with E-state index in [4.69, 9.17) is 10.2 Å². The second-order valence-electron chi connectivity index (χ2n) is 3.98. The van der Waals surface area contributed by atoms with Gasteiger partial charge in [-0.15, -0.1) is 0 Å². The first-order valence-corrected chi connectivity index (χ1v) is 5.93. The zero-order chi connectivity index (χ0) is 14.3. The molecule has 0 aliphatic heterocycles. The Labute approximate surface area is 110 Å². The van der Waals surface area contributed by atoms with Crippen LogP contribution in [-0.2, 0) is 0 Å². The van der Waals surface area contributed by atoms with Crippen LogP contribution in [0.3, 0.4) is 0 Å². The minimum absolute atomic E-state index is 0.120. The second-order valence-corrected chi connectivity index (χ2v) is 3.98. The number of aliphatic hydroxyl groups excluding tert-OH is 1. The van der Waals surface area contributed by atoms with Crippen LogP contribution in [0.2, 0.25) is 0 Å². The van der Waals surface area contributed by atoms with E-state index in [1.165, 1.54) is 18.2 Å². The number of nitrogens with one attached hydrogen (secondary N) is 1. The van der Waals surface area contributed by atoms with Gasteiger partial charge in [0.1, 0.15) is 11.3 Å². The van der Waals surface area contributed by atoms with Crippen molar-refractivity contribution in [1.82, 2.24) is 0 Å². The number of aromatic carboxylic acids is 1. The van der Waals surface area contributed by atoms with E-state index in [-0.39, 0.29) is 17.9 Å². The molecule has 19 heavy (non-hydrogen) atoms. The van der Waals surface area contributed by atoms with Crippen LogP contribution < -0.4 is 5.32 Å². The van der Waals surface area contributed by atoms with Crippen LogP contribution >= 0.6 is 0 Å². The van der Waals surface area contributed by atoms with E-state index in [2.05, 4.69) is 5.32 Å². The number of carboxylic acid groups (broad SMARTS) is 1. The number of hydrogen-bond acceptors (Lipinski definition) is 5. The molecule has 7 nitrogen and oxygen atoms in total. The fourth-order valence-electron chi connectivity index (χ4n) is 1.69. The number of nitro benzene ring substituents is 1. The molecule has 0 amide bonds. The summed E-state index contributed by atoms with van der Waals surface area (Å²) in [7, 11) is 0. The molecular weight excluding hydrogens is 252 g/mol. The maximum atomic E-state index is 11.0. The summed E-state index contributed by atoms with van der Waals surface area (Å²) in [5.41, 5.74) is -0.545. The Morgan fingerprint density at radius 3 is 2.63 bits per heavy atom.